The van der Waals surface area contributed by atoms with Gasteiger partial charge in [-0.25, -0.2) is 0 Å². The molecule has 6 heteroatoms. The number of benzene rings is 1. The Morgan fingerprint density at radius 3 is 2.58 bits per heavy atom. The van der Waals surface area contributed by atoms with Crippen LogP contribution >= 0.6 is 0 Å². The third-order valence-electron chi connectivity index (χ3n) is 5.32. The molecule has 1 N–H and O–H groups in total. The van der Waals surface area contributed by atoms with Crippen LogP contribution in [-0.4, -0.2) is 73.6 Å². The molecule has 6 nitrogen and oxygen atoms in total. The molecule has 2 aliphatic heterocycles. The number of morpholine rings is 1. The molecule has 3 rings (SSSR count). The lowest BCUT2D eigenvalue weighted by atomic mass is 9.94. The van der Waals surface area contributed by atoms with E-state index in [4.69, 9.17) is 4.74 Å². The van der Waals surface area contributed by atoms with Gasteiger partial charge in [-0.05, 0) is 18.5 Å². The highest BCUT2D eigenvalue weighted by Gasteiger charge is 2.35. The van der Waals surface area contributed by atoms with E-state index >= 15 is 0 Å². The van der Waals surface area contributed by atoms with Gasteiger partial charge in [-0.1, -0.05) is 30.3 Å². The van der Waals surface area contributed by atoms with Crippen molar-refractivity contribution in [3.8, 4) is 0 Å². The van der Waals surface area contributed by atoms with Crippen LogP contribution in [0.4, 0.5) is 0 Å². The first-order valence-electron chi connectivity index (χ1n) is 9.53. The normalized spacial score (nSPS) is 23.8. The number of nitrogens with zero attached hydrogens (tertiary/aromatic N) is 2. The first-order valence-corrected chi connectivity index (χ1v) is 9.53. The molecule has 0 saturated carbocycles. The van der Waals surface area contributed by atoms with E-state index in [1.54, 1.807) is 6.92 Å². The molecule has 2 aliphatic rings. The van der Waals surface area contributed by atoms with Crippen LogP contribution in [0.15, 0.2) is 30.3 Å². The Morgan fingerprint density at radius 2 is 1.88 bits per heavy atom. The summed E-state index contributed by atoms with van der Waals surface area (Å²) < 4.78 is 5.35. The number of rotatable bonds is 6. The maximum atomic E-state index is 12.4. The summed E-state index contributed by atoms with van der Waals surface area (Å²) in [7, 11) is 0. The molecular weight excluding hydrogens is 330 g/mol. The zero-order chi connectivity index (χ0) is 18.4. The van der Waals surface area contributed by atoms with Gasteiger partial charge in [-0.3, -0.25) is 14.5 Å². The van der Waals surface area contributed by atoms with Gasteiger partial charge in [-0.2, -0.15) is 0 Å². The quantitative estimate of drug-likeness (QED) is 0.830. The number of amides is 2. The van der Waals surface area contributed by atoms with E-state index < -0.39 is 0 Å². The highest BCUT2D eigenvalue weighted by atomic mass is 16.5. The van der Waals surface area contributed by atoms with Crippen molar-refractivity contribution >= 4 is 11.8 Å². The number of hydrogen-bond donors (Lipinski definition) is 1. The molecule has 1 aromatic rings. The minimum atomic E-state index is -0.0165. The third-order valence-corrected chi connectivity index (χ3v) is 5.32. The predicted molar refractivity (Wildman–Crippen MR) is 99.9 cm³/mol. The SMILES string of the molecule is CC(=O)N1CC(NC(=O)CCCN2CCOCC2)C(c2ccccc2)C1. The summed E-state index contributed by atoms with van der Waals surface area (Å²) in [6.45, 7) is 7.25. The van der Waals surface area contributed by atoms with Crippen molar-refractivity contribution in [2.24, 2.45) is 0 Å². The Labute approximate surface area is 155 Å². The Kier molecular flexibility index (Phi) is 6.63. The number of carbonyl (C=O) groups excluding carboxylic acids is 2. The lowest BCUT2D eigenvalue weighted by Crippen LogP contribution is -2.41. The van der Waals surface area contributed by atoms with Gasteiger partial charge in [0.2, 0.25) is 11.8 Å². The fraction of sp³-hybridized carbons (Fsp3) is 0.600. The van der Waals surface area contributed by atoms with Crippen LogP contribution in [0.25, 0.3) is 0 Å². The number of nitrogens with one attached hydrogen (secondary N) is 1. The second-order valence-corrected chi connectivity index (χ2v) is 7.17. The van der Waals surface area contributed by atoms with Crippen LogP contribution in [0, 0.1) is 0 Å². The van der Waals surface area contributed by atoms with E-state index in [0.717, 1.165) is 39.3 Å². The highest BCUT2D eigenvalue weighted by molar-refractivity contribution is 5.77. The monoisotopic (exact) mass is 359 g/mol. The molecule has 2 unspecified atom stereocenters. The molecule has 2 amide bonds. The molecule has 0 aromatic heterocycles. The van der Waals surface area contributed by atoms with E-state index in [0.29, 0.717) is 19.5 Å². The molecule has 0 radical (unpaired) electrons. The van der Waals surface area contributed by atoms with E-state index in [1.165, 1.54) is 5.56 Å². The molecule has 2 saturated heterocycles. The molecule has 2 fully saturated rings. The van der Waals surface area contributed by atoms with Crippen molar-refractivity contribution in [2.45, 2.75) is 31.7 Å². The van der Waals surface area contributed by atoms with Gasteiger partial charge in [0.1, 0.15) is 0 Å². The fourth-order valence-corrected chi connectivity index (χ4v) is 3.81. The molecule has 0 spiro atoms. The number of likely N-dealkylation sites (tertiary alicyclic amines) is 1. The van der Waals surface area contributed by atoms with Crippen LogP contribution in [0.1, 0.15) is 31.2 Å². The summed E-state index contributed by atoms with van der Waals surface area (Å²) in [5.74, 6) is 0.299. The van der Waals surface area contributed by atoms with E-state index in [9.17, 15) is 9.59 Å². The van der Waals surface area contributed by atoms with Crippen molar-refractivity contribution in [2.75, 3.05) is 45.9 Å². The maximum absolute atomic E-state index is 12.4. The molecule has 0 aliphatic carbocycles. The van der Waals surface area contributed by atoms with Gasteiger partial charge in [-0.15, -0.1) is 0 Å². The Balaban J connectivity index is 1.52. The van der Waals surface area contributed by atoms with Crippen LogP contribution in [0.2, 0.25) is 0 Å². The van der Waals surface area contributed by atoms with E-state index in [2.05, 4.69) is 22.3 Å². The van der Waals surface area contributed by atoms with Crippen LogP contribution in [0.5, 0.6) is 0 Å². The smallest absolute Gasteiger partial charge is 0.220 e. The minimum absolute atomic E-state index is 0.0165. The Bertz CT molecular complexity index is 602. The van der Waals surface area contributed by atoms with Crippen molar-refractivity contribution in [3.63, 3.8) is 0 Å². The maximum Gasteiger partial charge on any atom is 0.220 e. The van der Waals surface area contributed by atoms with Crippen molar-refractivity contribution in [1.82, 2.24) is 15.1 Å². The number of hydrogen-bond acceptors (Lipinski definition) is 4. The average molecular weight is 359 g/mol. The molecule has 26 heavy (non-hydrogen) atoms. The third kappa shape index (κ3) is 5.05. The Hall–Kier alpha value is -1.92. The molecular formula is C20H29N3O3. The van der Waals surface area contributed by atoms with Gasteiger partial charge >= 0.3 is 0 Å². The zero-order valence-corrected chi connectivity index (χ0v) is 15.5. The van der Waals surface area contributed by atoms with E-state index in [1.807, 2.05) is 23.1 Å². The Morgan fingerprint density at radius 1 is 1.15 bits per heavy atom. The van der Waals surface area contributed by atoms with Gasteiger partial charge in [0.05, 0.1) is 19.3 Å². The summed E-state index contributed by atoms with van der Waals surface area (Å²) >= 11 is 0. The van der Waals surface area contributed by atoms with Crippen LogP contribution in [0.3, 0.4) is 0 Å². The standard InChI is InChI=1S/C20H29N3O3/c1-16(24)23-14-18(17-6-3-2-4-7-17)19(15-23)21-20(25)8-5-9-22-10-12-26-13-11-22/h2-4,6-7,18-19H,5,8-15H2,1H3,(H,21,25). The van der Waals surface area contributed by atoms with Gasteiger partial charge in [0, 0.05) is 45.4 Å². The minimum Gasteiger partial charge on any atom is -0.379 e. The predicted octanol–water partition coefficient (Wildman–Crippen LogP) is 1.23. The first-order chi connectivity index (χ1) is 12.6. The summed E-state index contributed by atoms with van der Waals surface area (Å²) in [4.78, 5) is 28.4. The summed E-state index contributed by atoms with van der Waals surface area (Å²) in [5, 5.41) is 3.17. The number of carbonyl (C=O) groups is 2. The zero-order valence-electron chi connectivity index (χ0n) is 15.5. The average Bonchev–Trinajstić information content (AvgIpc) is 3.07. The first kappa shape index (κ1) is 18.9. The summed E-state index contributed by atoms with van der Waals surface area (Å²) in [6, 6.07) is 10.1. The van der Waals surface area contributed by atoms with Crippen LogP contribution in [-0.2, 0) is 14.3 Å². The molecule has 142 valence electrons. The van der Waals surface area contributed by atoms with Crippen molar-refractivity contribution in [1.29, 1.82) is 0 Å². The number of ether oxygens (including phenoxy) is 1. The molecule has 2 atom stereocenters. The topological polar surface area (TPSA) is 61.9 Å². The van der Waals surface area contributed by atoms with Gasteiger partial charge < -0.3 is 15.0 Å². The van der Waals surface area contributed by atoms with Crippen molar-refractivity contribution < 1.29 is 14.3 Å². The van der Waals surface area contributed by atoms with Crippen LogP contribution < -0.4 is 5.32 Å². The molecule has 0 bridgehead atoms. The highest BCUT2D eigenvalue weighted by Crippen LogP contribution is 2.27. The second-order valence-electron chi connectivity index (χ2n) is 7.17. The van der Waals surface area contributed by atoms with E-state index in [-0.39, 0.29) is 23.8 Å². The summed E-state index contributed by atoms with van der Waals surface area (Å²) in [6.07, 6.45) is 1.38. The lowest BCUT2D eigenvalue weighted by Gasteiger charge is -2.26. The second kappa shape index (κ2) is 9.14. The largest absolute Gasteiger partial charge is 0.379 e. The fourth-order valence-electron chi connectivity index (χ4n) is 3.81. The van der Waals surface area contributed by atoms with Gasteiger partial charge in [0.15, 0.2) is 0 Å². The van der Waals surface area contributed by atoms with Crippen molar-refractivity contribution in [3.05, 3.63) is 35.9 Å². The summed E-state index contributed by atoms with van der Waals surface area (Å²) in [5.41, 5.74) is 1.18. The van der Waals surface area contributed by atoms with Gasteiger partial charge in [0.25, 0.3) is 0 Å². The molecule has 2 heterocycles. The lowest BCUT2D eigenvalue weighted by molar-refractivity contribution is -0.128. The molecule has 1 aromatic carbocycles.